The van der Waals surface area contributed by atoms with Crippen LogP contribution < -0.4 is 4.90 Å². The summed E-state index contributed by atoms with van der Waals surface area (Å²) in [5.41, 5.74) is 1.30. The standard InChI is InChI=1S/C15H17NO2S/c1-16-13-9-11(19-10-5-3-2-4-6-10)7-8-12(13)14(17)15(16)18/h7-10H,2-6H2,1H3. The quantitative estimate of drug-likeness (QED) is 0.777. The van der Waals surface area contributed by atoms with Gasteiger partial charge in [0.2, 0.25) is 0 Å². The first-order valence-electron chi connectivity index (χ1n) is 6.80. The summed E-state index contributed by atoms with van der Waals surface area (Å²) in [6.45, 7) is 0. The first-order chi connectivity index (χ1) is 9.16. The van der Waals surface area contributed by atoms with E-state index in [1.165, 1.54) is 41.9 Å². The van der Waals surface area contributed by atoms with E-state index in [0.29, 0.717) is 10.8 Å². The van der Waals surface area contributed by atoms with Crippen LogP contribution in [0.1, 0.15) is 42.5 Å². The molecule has 3 nitrogen and oxygen atoms in total. The minimum absolute atomic E-state index is 0.383. The van der Waals surface area contributed by atoms with Gasteiger partial charge in [-0.05, 0) is 31.0 Å². The smallest absolute Gasteiger partial charge is 0.299 e. The number of hydrogen-bond acceptors (Lipinski definition) is 3. The van der Waals surface area contributed by atoms with Gasteiger partial charge in [0.1, 0.15) is 0 Å². The number of fused-ring (bicyclic) bond motifs is 1. The van der Waals surface area contributed by atoms with Gasteiger partial charge in [0.05, 0.1) is 11.3 Å². The lowest BCUT2D eigenvalue weighted by atomic mass is 10.0. The molecule has 0 unspecified atom stereocenters. The maximum Gasteiger partial charge on any atom is 0.299 e. The van der Waals surface area contributed by atoms with Crippen molar-refractivity contribution in [2.45, 2.75) is 42.2 Å². The zero-order valence-corrected chi connectivity index (χ0v) is 11.8. The summed E-state index contributed by atoms with van der Waals surface area (Å²) in [5.74, 6) is -0.804. The molecule has 0 bridgehead atoms. The van der Waals surface area contributed by atoms with Gasteiger partial charge >= 0.3 is 0 Å². The van der Waals surface area contributed by atoms with Crippen LogP contribution in [-0.2, 0) is 4.79 Å². The molecular formula is C15H17NO2S. The van der Waals surface area contributed by atoms with Crippen LogP contribution >= 0.6 is 11.8 Å². The minimum Gasteiger partial charge on any atom is -0.308 e. The van der Waals surface area contributed by atoms with Crippen molar-refractivity contribution in [3.8, 4) is 0 Å². The molecule has 100 valence electrons. The molecule has 0 radical (unpaired) electrons. The Balaban J connectivity index is 1.82. The number of nitrogens with zero attached hydrogens (tertiary/aromatic N) is 1. The SMILES string of the molecule is CN1C(=O)C(=O)c2ccc(SC3CCCCC3)cc21. The number of benzene rings is 1. The number of carbonyl (C=O) groups is 2. The molecule has 0 atom stereocenters. The Morgan fingerprint density at radius 2 is 1.89 bits per heavy atom. The number of carbonyl (C=O) groups excluding carboxylic acids is 2. The van der Waals surface area contributed by atoms with Crippen molar-refractivity contribution in [2.75, 3.05) is 11.9 Å². The van der Waals surface area contributed by atoms with Crippen molar-refractivity contribution < 1.29 is 9.59 Å². The highest BCUT2D eigenvalue weighted by atomic mass is 32.2. The number of hydrogen-bond donors (Lipinski definition) is 0. The van der Waals surface area contributed by atoms with Gasteiger partial charge in [-0.3, -0.25) is 9.59 Å². The average Bonchev–Trinajstić information content (AvgIpc) is 2.65. The molecule has 1 aliphatic carbocycles. The van der Waals surface area contributed by atoms with Crippen LogP contribution in [0.15, 0.2) is 23.1 Å². The molecule has 1 heterocycles. The summed E-state index contributed by atoms with van der Waals surface area (Å²) in [4.78, 5) is 26.0. The Labute approximate surface area is 117 Å². The molecule has 3 rings (SSSR count). The van der Waals surface area contributed by atoms with Gasteiger partial charge in [0, 0.05) is 17.2 Å². The molecule has 4 heteroatoms. The predicted molar refractivity (Wildman–Crippen MR) is 76.9 cm³/mol. The van der Waals surface area contributed by atoms with Crippen molar-refractivity contribution >= 4 is 29.1 Å². The predicted octanol–water partition coefficient (Wildman–Crippen LogP) is 3.27. The third kappa shape index (κ3) is 2.29. The van der Waals surface area contributed by atoms with Crippen molar-refractivity contribution in [2.24, 2.45) is 0 Å². The summed E-state index contributed by atoms with van der Waals surface area (Å²) in [5, 5.41) is 0.685. The fourth-order valence-corrected chi connectivity index (χ4v) is 4.09. The number of thioether (sulfide) groups is 1. The number of anilines is 1. The molecule has 0 aromatic heterocycles. The second-order valence-electron chi connectivity index (χ2n) is 5.25. The number of ketones is 1. The summed E-state index contributed by atoms with van der Waals surface area (Å²) in [7, 11) is 1.67. The molecule has 1 saturated carbocycles. The van der Waals surface area contributed by atoms with E-state index in [0.717, 1.165) is 5.69 Å². The van der Waals surface area contributed by atoms with E-state index >= 15 is 0 Å². The van der Waals surface area contributed by atoms with E-state index in [4.69, 9.17) is 0 Å². The van der Waals surface area contributed by atoms with Crippen molar-refractivity contribution in [1.82, 2.24) is 0 Å². The van der Waals surface area contributed by atoms with Crippen LogP contribution in [0.4, 0.5) is 5.69 Å². The molecule has 0 spiro atoms. The molecular weight excluding hydrogens is 258 g/mol. The Bertz CT molecular complexity index is 535. The highest BCUT2D eigenvalue weighted by Crippen LogP contribution is 2.37. The lowest BCUT2D eigenvalue weighted by Crippen LogP contribution is -2.24. The molecule has 1 amide bonds. The van der Waals surface area contributed by atoms with Gasteiger partial charge < -0.3 is 4.90 Å². The summed E-state index contributed by atoms with van der Waals surface area (Å²) in [6.07, 6.45) is 6.54. The topological polar surface area (TPSA) is 37.4 Å². The largest absolute Gasteiger partial charge is 0.308 e. The van der Waals surface area contributed by atoms with Gasteiger partial charge in [-0.1, -0.05) is 19.3 Å². The molecule has 1 aliphatic heterocycles. The number of Topliss-reactive ketones (excluding diaryl/α,β-unsaturated/α-hetero) is 1. The molecule has 0 N–H and O–H groups in total. The van der Waals surface area contributed by atoms with Gasteiger partial charge in [0.25, 0.3) is 11.7 Å². The maximum absolute atomic E-state index is 11.7. The van der Waals surface area contributed by atoms with Crippen LogP contribution in [0.25, 0.3) is 0 Å². The average molecular weight is 275 g/mol. The van der Waals surface area contributed by atoms with Crippen LogP contribution in [0.5, 0.6) is 0 Å². The van der Waals surface area contributed by atoms with E-state index in [1.54, 1.807) is 13.1 Å². The van der Waals surface area contributed by atoms with Crippen LogP contribution in [0.2, 0.25) is 0 Å². The number of likely N-dealkylation sites (N-methyl/N-ethyl adjacent to an activating group) is 1. The maximum atomic E-state index is 11.7. The monoisotopic (exact) mass is 275 g/mol. The third-order valence-corrected chi connectivity index (χ3v) is 5.26. The van der Waals surface area contributed by atoms with E-state index in [2.05, 4.69) is 0 Å². The summed E-state index contributed by atoms with van der Waals surface area (Å²) >= 11 is 1.89. The minimum atomic E-state index is -0.421. The van der Waals surface area contributed by atoms with Gasteiger partial charge in [-0.2, -0.15) is 0 Å². The zero-order chi connectivity index (χ0) is 13.4. The van der Waals surface area contributed by atoms with Gasteiger partial charge in [0.15, 0.2) is 0 Å². The van der Waals surface area contributed by atoms with E-state index in [1.807, 2.05) is 23.9 Å². The molecule has 1 aromatic carbocycles. The van der Waals surface area contributed by atoms with Gasteiger partial charge in [-0.15, -0.1) is 11.8 Å². The molecule has 0 saturated heterocycles. The fraction of sp³-hybridized carbons (Fsp3) is 0.467. The first kappa shape index (κ1) is 12.7. The Kier molecular flexibility index (Phi) is 3.35. The second kappa shape index (κ2) is 5.00. The first-order valence-corrected chi connectivity index (χ1v) is 7.68. The summed E-state index contributed by atoms with van der Waals surface area (Å²) in [6, 6.07) is 5.75. The van der Waals surface area contributed by atoms with Crippen molar-refractivity contribution in [1.29, 1.82) is 0 Å². The van der Waals surface area contributed by atoms with Gasteiger partial charge in [-0.25, -0.2) is 0 Å². The van der Waals surface area contributed by atoms with Crippen LogP contribution in [-0.4, -0.2) is 24.0 Å². The lowest BCUT2D eigenvalue weighted by Gasteiger charge is -2.21. The molecule has 19 heavy (non-hydrogen) atoms. The normalized spacial score (nSPS) is 19.9. The van der Waals surface area contributed by atoms with E-state index in [9.17, 15) is 9.59 Å². The number of rotatable bonds is 2. The van der Waals surface area contributed by atoms with E-state index in [-0.39, 0.29) is 5.78 Å². The molecule has 2 aliphatic rings. The zero-order valence-electron chi connectivity index (χ0n) is 11.0. The Morgan fingerprint density at radius 3 is 2.63 bits per heavy atom. The molecule has 1 aromatic rings. The summed E-state index contributed by atoms with van der Waals surface area (Å²) < 4.78 is 0. The highest BCUT2D eigenvalue weighted by Gasteiger charge is 2.33. The number of amides is 1. The van der Waals surface area contributed by atoms with Crippen molar-refractivity contribution in [3.05, 3.63) is 23.8 Å². The second-order valence-corrected chi connectivity index (χ2v) is 6.62. The highest BCUT2D eigenvalue weighted by molar-refractivity contribution is 8.00. The fourth-order valence-electron chi connectivity index (χ4n) is 2.81. The Hall–Kier alpha value is -1.29. The lowest BCUT2D eigenvalue weighted by molar-refractivity contribution is -0.114. The molecule has 1 fully saturated rings. The Morgan fingerprint density at radius 1 is 1.16 bits per heavy atom. The third-order valence-electron chi connectivity index (χ3n) is 3.93. The van der Waals surface area contributed by atoms with Crippen LogP contribution in [0, 0.1) is 0 Å². The van der Waals surface area contributed by atoms with E-state index < -0.39 is 5.91 Å². The van der Waals surface area contributed by atoms with Crippen LogP contribution in [0.3, 0.4) is 0 Å². The van der Waals surface area contributed by atoms with Crippen molar-refractivity contribution in [3.63, 3.8) is 0 Å².